The van der Waals surface area contributed by atoms with Gasteiger partial charge in [-0.3, -0.25) is 0 Å². The van der Waals surface area contributed by atoms with Gasteiger partial charge in [0.05, 0.1) is 7.11 Å². The standard InChI is InChI=1S/C17H12N2O2/c1-20-14-6-4-5-12(10-14)9-13(11-18)17-19-15-7-2-3-8-16(15)21-17/h2-10H,1H3/b13-9+. The third-order valence-corrected chi connectivity index (χ3v) is 3.05. The van der Waals surface area contributed by atoms with Crippen molar-refractivity contribution in [2.45, 2.75) is 0 Å². The summed E-state index contributed by atoms with van der Waals surface area (Å²) in [6.45, 7) is 0. The smallest absolute Gasteiger partial charge is 0.238 e. The molecule has 4 heteroatoms. The van der Waals surface area contributed by atoms with Crippen LogP contribution in [0.3, 0.4) is 0 Å². The molecule has 0 atom stereocenters. The Morgan fingerprint density at radius 1 is 1.24 bits per heavy atom. The van der Waals surface area contributed by atoms with Crippen LogP contribution in [0.25, 0.3) is 22.7 Å². The summed E-state index contributed by atoms with van der Waals surface area (Å²) in [5, 5.41) is 9.34. The number of para-hydroxylation sites is 2. The molecule has 2 aromatic carbocycles. The number of ether oxygens (including phenoxy) is 1. The minimum Gasteiger partial charge on any atom is -0.497 e. The lowest BCUT2D eigenvalue weighted by Crippen LogP contribution is -1.84. The molecular weight excluding hydrogens is 264 g/mol. The molecule has 1 heterocycles. The monoisotopic (exact) mass is 276 g/mol. The molecule has 0 aliphatic heterocycles. The van der Waals surface area contributed by atoms with Crippen molar-refractivity contribution in [1.82, 2.24) is 4.98 Å². The maximum absolute atomic E-state index is 9.34. The number of hydrogen-bond acceptors (Lipinski definition) is 4. The number of allylic oxidation sites excluding steroid dienone is 1. The first-order valence-corrected chi connectivity index (χ1v) is 6.42. The van der Waals surface area contributed by atoms with Crippen LogP contribution in [0, 0.1) is 11.3 Å². The fraction of sp³-hybridized carbons (Fsp3) is 0.0588. The number of nitriles is 1. The van der Waals surface area contributed by atoms with Crippen LogP contribution >= 0.6 is 0 Å². The number of oxazole rings is 1. The Kier molecular flexibility index (Phi) is 3.40. The summed E-state index contributed by atoms with van der Waals surface area (Å²) in [5.41, 5.74) is 2.63. The molecule has 4 nitrogen and oxygen atoms in total. The molecule has 0 unspecified atom stereocenters. The van der Waals surface area contributed by atoms with Crippen LogP contribution < -0.4 is 4.74 Å². The van der Waals surface area contributed by atoms with E-state index < -0.39 is 0 Å². The van der Waals surface area contributed by atoms with E-state index in [1.165, 1.54) is 0 Å². The Bertz CT molecular complexity index is 823. The zero-order valence-corrected chi connectivity index (χ0v) is 11.4. The minimum atomic E-state index is 0.321. The highest BCUT2D eigenvalue weighted by Crippen LogP contribution is 2.23. The van der Waals surface area contributed by atoms with Crippen LogP contribution in [0.1, 0.15) is 11.5 Å². The zero-order valence-electron chi connectivity index (χ0n) is 11.4. The fourth-order valence-corrected chi connectivity index (χ4v) is 2.03. The van der Waals surface area contributed by atoms with Gasteiger partial charge >= 0.3 is 0 Å². The Balaban J connectivity index is 2.04. The third kappa shape index (κ3) is 2.63. The van der Waals surface area contributed by atoms with Crippen LogP contribution in [0.4, 0.5) is 0 Å². The molecule has 1 aromatic heterocycles. The highest BCUT2D eigenvalue weighted by molar-refractivity contribution is 5.88. The van der Waals surface area contributed by atoms with Crippen LogP contribution in [0.15, 0.2) is 52.9 Å². The second-order valence-corrected chi connectivity index (χ2v) is 4.43. The first kappa shape index (κ1) is 12.9. The van der Waals surface area contributed by atoms with Gasteiger partial charge in [0.15, 0.2) is 5.58 Å². The van der Waals surface area contributed by atoms with E-state index in [0.29, 0.717) is 17.0 Å². The highest BCUT2D eigenvalue weighted by atomic mass is 16.5. The molecule has 0 bridgehead atoms. The molecule has 0 spiro atoms. The van der Waals surface area contributed by atoms with Gasteiger partial charge in [0.2, 0.25) is 5.89 Å². The van der Waals surface area contributed by atoms with E-state index >= 15 is 0 Å². The predicted octanol–water partition coefficient (Wildman–Crippen LogP) is 3.90. The number of benzene rings is 2. The molecule has 21 heavy (non-hydrogen) atoms. The Morgan fingerprint density at radius 2 is 2.10 bits per heavy atom. The first-order valence-electron chi connectivity index (χ1n) is 6.42. The van der Waals surface area contributed by atoms with Crippen LogP contribution in [-0.4, -0.2) is 12.1 Å². The van der Waals surface area contributed by atoms with Crippen molar-refractivity contribution >= 4 is 22.7 Å². The Morgan fingerprint density at radius 3 is 2.86 bits per heavy atom. The molecule has 0 saturated carbocycles. The molecule has 0 amide bonds. The molecule has 0 radical (unpaired) electrons. The second kappa shape index (κ2) is 5.51. The zero-order chi connectivity index (χ0) is 14.7. The lowest BCUT2D eigenvalue weighted by Gasteiger charge is -2.00. The predicted molar refractivity (Wildman–Crippen MR) is 80.5 cm³/mol. The Hall–Kier alpha value is -3.06. The largest absolute Gasteiger partial charge is 0.497 e. The molecule has 0 aliphatic rings. The molecular formula is C17H12N2O2. The van der Waals surface area contributed by atoms with Crippen LogP contribution in [0.5, 0.6) is 5.75 Å². The lowest BCUT2D eigenvalue weighted by atomic mass is 10.1. The summed E-state index contributed by atoms with van der Waals surface area (Å²) in [6, 6.07) is 17.0. The maximum Gasteiger partial charge on any atom is 0.238 e. The second-order valence-electron chi connectivity index (χ2n) is 4.43. The van der Waals surface area contributed by atoms with E-state index in [-0.39, 0.29) is 0 Å². The van der Waals surface area contributed by atoms with Gasteiger partial charge in [-0.15, -0.1) is 0 Å². The lowest BCUT2D eigenvalue weighted by molar-refractivity contribution is 0.414. The summed E-state index contributed by atoms with van der Waals surface area (Å²) >= 11 is 0. The minimum absolute atomic E-state index is 0.321. The van der Waals surface area contributed by atoms with E-state index in [1.54, 1.807) is 13.2 Å². The van der Waals surface area contributed by atoms with Crippen molar-refractivity contribution in [1.29, 1.82) is 5.26 Å². The summed E-state index contributed by atoms with van der Waals surface area (Å²) < 4.78 is 10.8. The summed E-state index contributed by atoms with van der Waals surface area (Å²) in [5.74, 6) is 1.06. The maximum atomic E-state index is 9.34. The van der Waals surface area contributed by atoms with E-state index in [9.17, 15) is 5.26 Å². The molecule has 0 N–H and O–H groups in total. The number of rotatable bonds is 3. The average Bonchev–Trinajstić information content (AvgIpc) is 2.96. The first-order chi connectivity index (χ1) is 10.3. The molecule has 0 saturated heterocycles. The summed E-state index contributed by atoms with van der Waals surface area (Å²) in [6.07, 6.45) is 1.73. The fourth-order valence-electron chi connectivity index (χ4n) is 2.03. The van der Waals surface area contributed by atoms with Gasteiger partial charge in [0, 0.05) is 0 Å². The van der Waals surface area contributed by atoms with Crippen LogP contribution in [0.2, 0.25) is 0 Å². The SMILES string of the molecule is COc1cccc(/C=C(\C#N)c2nc3ccccc3o2)c1. The van der Waals surface area contributed by atoms with Crippen molar-refractivity contribution in [2.75, 3.05) is 7.11 Å². The highest BCUT2D eigenvalue weighted by Gasteiger charge is 2.10. The van der Waals surface area contributed by atoms with Crippen LogP contribution in [-0.2, 0) is 0 Å². The van der Waals surface area contributed by atoms with Gasteiger partial charge in [0.1, 0.15) is 22.9 Å². The van der Waals surface area contributed by atoms with E-state index in [2.05, 4.69) is 11.1 Å². The normalized spacial score (nSPS) is 11.3. The molecule has 102 valence electrons. The average molecular weight is 276 g/mol. The summed E-state index contributed by atoms with van der Waals surface area (Å²) in [7, 11) is 1.61. The number of nitrogens with zero attached hydrogens (tertiary/aromatic N) is 2. The van der Waals surface area contributed by atoms with Crippen molar-refractivity contribution in [3.8, 4) is 11.8 Å². The van der Waals surface area contributed by atoms with Crippen molar-refractivity contribution in [3.05, 3.63) is 60.0 Å². The van der Waals surface area contributed by atoms with Crippen molar-refractivity contribution in [2.24, 2.45) is 0 Å². The van der Waals surface area contributed by atoms with Gasteiger partial charge in [-0.2, -0.15) is 5.26 Å². The molecule has 0 aliphatic carbocycles. The van der Waals surface area contributed by atoms with Gasteiger partial charge in [-0.25, -0.2) is 4.98 Å². The Labute approximate surface area is 121 Å². The topological polar surface area (TPSA) is 59.0 Å². The van der Waals surface area contributed by atoms with Gasteiger partial charge in [-0.05, 0) is 35.9 Å². The molecule has 3 rings (SSSR count). The quantitative estimate of drug-likeness (QED) is 0.681. The number of aromatic nitrogens is 1. The van der Waals surface area contributed by atoms with Crippen molar-refractivity contribution in [3.63, 3.8) is 0 Å². The van der Waals surface area contributed by atoms with Gasteiger partial charge < -0.3 is 9.15 Å². The third-order valence-electron chi connectivity index (χ3n) is 3.05. The van der Waals surface area contributed by atoms with E-state index in [1.807, 2.05) is 48.5 Å². The molecule has 0 fully saturated rings. The number of fused-ring (bicyclic) bond motifs is 1. The summed E-state index contributed by atoms with van der Waals surface area (Å²) in [4.78, 5) is 4.33. The van der Waals surface area contributed by atoms with E-state index in [0.717, 1.165) is 16.8 Å². The number of hydrogen-bond donors (Lipinski definition) is 0. The molecule has 3 aromatic rings. The number of methoxy groups -OCH3 is 1. The van der Waals surface area contributed by atoms with E-state index in [4.69, 9.17) is 9.15 Å². The van der Waals surface area contributed by atoms with Gasteiger partial charge in [-0.1, -0.05) is 24.3 Å². The van der Waals surface area contributed by atoms with Gasteiger partial charge in [0.25, 0.3) is 0 Å². The van der Waals surface area contributed by atoms with Crippen molar-refractivity contribution < 1.29 is 9.15 Å².